The number of hydrogen-bond donors (Lipinski definition) is 2. The first-order chi connectivity index (χ1) is 15.9. The van der Waals surface area contributed by atoms with Crippen LogP contribution in [0.3, 0.4) is 0 Å². The fourth-order valence-corrected chi connectivity index (χ4v) is 3.14. The maximum absolute atomic E-state index is 14.7. The van der Waals surface area contributed by atoms with E-state index in [4.69, 9.17) is 11.6 Å². The molecule has 12 heteroatoms. The van der Waals surface area contributed by atoms with Gasteiger partial charge in [-0.3, -0.25) is 9.59 Å². The summed E-state index contributed by atoms with van der Waals surface area (Å²) >= 11 is 6.38. The number of carbonyl (C=O) groups is 1. The molecule has 180 valence electrons. The summed E-state index contributed by atoms with van der Waals surface area (Å²) in [4.78, 5) is 34.5. The second-order valence-electron chi connectivity index (χ2n) is 7.54. The molecule has 1 amide bonds. The van der Waals surface area contributed by atoms with Crippen molar-refractivity contribution in [3.63, 3.8) is 0 Å². The smallest absolute Gasteiger partial charge is 0.422 e. The van der Waals surface area contributed by atoms with Gasteiger partial charge >= 0.3 is 6.18 Å². The highest BCUT2D eigenvalue weighted by Crippen LogP contribution is 2.32. The van der Waals surface area contributed by atoms with Crippen LogP contribution in [0, 0.1) is 11.7 Å². The molecule has 2 aromatic heterocycles. The predicted molar refractivity (Wildman–Crippen MR) is 117 cm³/mol. The zero-order valence-corrected chi connectivity index (χ0v) is 18.7. The van der Waals surface area contributed by atoms with E-state index < -0.39 is 24.2 Å². The van der Waals surface area contributed by atoms with Gasteiger partial charge in [0.2, 0.25) is 11.8 Å². The largest absolute Gasteiger partial charge is 0.468 e. The Bertz CT molecular complexity index is 1240. The average molecular weight is 499 g/mol. The molecule has 0 atom stereocenters. The van der Waals surface area contributed by atoms with Gasteiger partial charge < -0.3 is 15.0 Å². The molecule has 0 saturated heterocycles. The summed E-state index contributed by atoms with van der Waals surface area (Å²) in [5, 5.41) is 2.64. The molecule has 1 aromatic carbocycles. The lowest BCUT2D eigenvalue weighted by Gasteiger charge is -2.13. The SMILES string of the molecule is CC(C)C(=O)NCc1ccc(F)c(-c2nc(-c3ccc(OCC(F)(F)F)nc3)cc(=O)[nH]2)c1Cl. The van der Waals surface area contributed by atoms with Crippen LogP contribution in [-0.4, -0.2) is 33.6 Å². The number of carbonyl (C=O) groups excluding carboxylic acids is 1. The van der Waals surface area contributed by atoms with Crippen LogP contribution in [0.5, 0.6) is 5.88 Å². The molecule has 0 aliphatic rings. The molecule has 7 nitrogen and oxygen atoms in total. The predicted octanol–water partition coefficient (Wildman–Crippen LogP) is 4.50. The van der Waals surface area contributed by atoms with Crippen LogP contribution in [0.15, 0.2) is 41.3 Å². The average Bonchev–Trinajstić information content (AvgIpc) is 2.76. The number of hydrogen-bond acceptors (Lipinski definition) is 5. The van der Waals surface area contributed by atoms with Gasteiger partial charge in [0.25, 0.3) is 5.56 Å². The number of benzene rings is 1. The van der Waals surface area contributed by atoms with Crippen molar-refractivity contribution in [1.82, 2.24) is 20.3 Å². The van der Waals surface area contributed by atoms with Gasteiger partial charge in [0.1, 0.15) is 11.6 Å². The standard InChI is InChI=1S/C22H19ClF4N4O3/c1-11(2)21(33)29-9-13-3-5-14(24)18(19(13)23)20-30-15(7-16(32)31-20)12-4-6-17(28-8-12)34-10-22(25,26)27/h3-8,11H,9-10H2,1-2H3,(H,29,33)(H,30,31,32). The van der Waals surface area contributed by atoms with E-state index in [2.05, 4.69) is 25.0 Å². The van der Waals surface area contributed by atoms with E-state index in [9.17, 15) is 27.2 Å². The van der Waals surface area contributed by atoms with Gasteiger partial charge in [-0.05, 0) is 17.7 Å². The Morgan fingerprint density at radius 1 is 1.24 bits per heavy atom. The first-order valence-corrected chi connectivity index (χ1v) is 10.3. The second kappa shape index (κ2) is 10.2. The van der Waals surface area contributed by atoms with Gasteiger partial charge in [-0.2, -0.15) is 13.2 Å². The zero-order chi connectivity index (χ0) is 25.0. The van der Waals surface area contributed by atoms with Crippen molar-refractivity contribution in [3.05, 3.63) is 63.3 Å². The third kappa shape index (κ3) is 6.31. The van der Waals surface area contributed by atoms with Gasteiger partial charge in [0.05, 0.1) is 16.3 Å². The normalized spacial score (nSPS) is 11.5. The van der Waals surface area contributed by atoms with Crippen molar-refractivity contribution < 1.29 is 27.1 Å². The summed E-state index contributed by atoms with van der Waals surface area (Å²) in [6, 6.07) is 6.22. The third-order valence-electron chi connectivity index (χ3n) is 4.54. The van der Waals surface area contributed by atoms with Crippen molar-refractivity contribution in [3.8, 4) is 28.5 Å². The monoisotopic (exact) mass is 498 g/mol. The van der Waals surface area contributed by atoms with Crippen LogP contribution in [0.1, 0.15) is 19.4 Å². The minimum absolute atomic E-state index is 0.0381. The molecule has 0 aliphatic heterocycles. The number of ether oxygens (including phenoxy) is 1. The van der Waals surface area contributed by atoms with Crippen molar-refractivity contribution in [2.45, 2.75) is 26.6 Å². The quantitative estimate of drug-likeness (QED) is 0.467. The van der Waals surface area contributed by atoms with Gasteiger partial charge in [-0.25, -0.2) is 14.4 Å². The second-order valence-corrected chi connectivity index (χ2v) is 7.91. The topological polar surface area (TPSA) is 97.0 Å². The number of aromatic nitrogens is 3. The van der Waals surface area contributed by atoms with E-state index in [1.165, 1.54) is 24.4 Å². The molecule has 0 bridgehead atoms. The number of alkyl halides is 3. The highest BCUT2D eigenvalue weighted by Gasteiger charge is 2.28. The van der Waals surface area contributed by atoms with Gasteiger partial charge in [0, 0.05) is 36.4 Å². The third-order valence-corrected chi connectivity index (χ3v) is 4.97. The van der Waals surface area contributed by atoms with E-state index in [0.717, 1.165) is 12.1 Å². The first-order valence-electron chi connectivity index (χ1n) is 9.97. The molecule has 0 fully saturated rings. The molecular weight excluding hydrogens is 480 g/mol. The van der Waals surface area contributed by atoms with Crippen LogP contribution in [0.2, 0.25) is 5.02 Å². The van der Waals surface area contributed by atoms with Crippen LogP contribution in [0.25, 0.3) is 22.6 Å². The van der Waals surface area contributed by atoms with E-state index in [0.29, 0.717) is 5.56 Å². The minimum atomic E-state index is -4.51. The van der Waals surface area contributed by atoms with Gasteiger partial charge in [-0.1, -0.05) is 31.5 Å². The Morgan fingerprint density at radius 2 is 1.97 bits per heavy atom. The lowest BCUT2D eigenvalue weighted by Crippen LogP contribution is -2.27. The maximum atomic E-state index is 14.7. The number of amides is 1. The Balaban J connectivity index is 1.93. The molecule has 0 aliphatic carbocycles. The highest BCUT2D eigenvalue weighted by molar-refractivity contribution is 6.34. The summed E-state index contributed by atoms with van der Waals surface area (Å²) in [6.07, 6.45) is -3.34. The van der Waals surface area contributed by atoms with Crippen molar-refractivity contribution in [2.75, 3.05) is 6.61 Å². The molecular formula is C22H19ClF4N4O3. The van der Waals surface area contributed by atoms with Crippen LogP contribution >= 0.6 is 11.6 Å². The van der Waals surface area contributed by atoms with E-state index in [1.807, 2.05) is 0 Å². The minimum Gasteiger partial charge on any atom is -0.468 e. The van der Waals surface area contributed by atoms with Crippen LogP contribution in [0.4, 0.5) is 17.6 Å². The number of pyridine rings is 1. The number of H-pyrrole nitrogens is 1. The lowest BCUT2D eigenvalue weighted by molar-refractivity contribution is -0.154. The van der Waals surface area contributed by atoms with Gasteiger partial charge in [-0.15, -0.1) is 0 Å². The number of aromatic amines is 1. The summed E-state index contributed by atoms with van der Waals surface area (Å²) in [7, 11) is 0. The summed E-state index contributed by atoms with van der Waals surface area (Å²) in [5.41, 5.74) is -0.0134. The summed E-state index contributed by atoms with van der Waals surface area (Å²) in [6.45, 7) is 1.98. The Hall–Kier alpha value is -3.47. The summed E-state index contributed by atoms with van der Waals surface area (Å²) in [5.74, 6) is -1.66. The molecule has 0 radical (unpaired) electrons. The molecule has 0 spiro atoms. The maximum Gasteiger partial charge on any atom is 0.422 e. The van der Waals surface area contributed by atoms with Crippen molar-refractivity contribution in [2.24, 2.45) is 5.92 Å². The van der Waals surface area contributed by atoms with Crippen LogP contribution in [-0.2, 0) is 11.3 Å². The highest BCUT2D eigenvalue weighted by atomic mass is 35.5. The summed E-state index contributed by atoms with van der Waals surface area (Å²) < 4.78 is 56.1. The van der Waals surface area contributed by atoms with E-state index in [-0.39, 0.29) is 51.9 Å². The molecule has 2 N–H and O–H groups in total. The number of rotatable bonds is 7. The number of halogens is 5. The molecule has 34 heavy (non-hydrogen) atoms. The zero-order valence-electron chi connectivity index (χ0n) is 18.0. The molecule has 0 unspecified atom stereocenters. The number of nitrogens with one attached hydrogen (secondary N) is 2. The fraction of sp³-hybridized carbons (Fsp3) is 0.273. The van der Waals surface area contributed by atoms with E-state index >= 15 is 0 Å². The lowest BCUT2D eigenvalue weighted by atomic mass is 10.1. The number of nitrogens with zero attached hydrogens (tertiary/aromatic N) is 2. The fourth-order valence-electron chi connectivity index (χ4n) is 2.83. The van der Waals surface area contributed by atoms with E-state index in [1.54, 1.807) is 13.8 Å². The Morgan fingerprint density at radius 3 is 2.59 bits per heavy atom. The van der Waals surface area contributed by atoms with Crippen LogP contribution < -0.4 is 15.6 Å². The van der Waals surface area contributed by atoms with Gasteiger partial charge in [0.15, 0.2) is 6.61 Å². The molecule has 2 heterocycles. The molecule has 3 rings (SSSR count). The first kappa shape index (κ1) is 25.2. The Kier molecular flexibility index (Phi) is 7.55. The van der Waals surface area contributed by atoms with Crippen molar-refractivity contribution in [1.29, 1.82) is 0 Å². The molecule has 3 aromatic rings. The Labute approximate surface area is 196 Å². The van der Waals surface area contributed by atoms with Crippen molar-refractivity contribution >= 4 is 17.5 Å². The molecule has 0 saturated carbocycles.